The highest BCUT2D eigenvalue weighted by Gasteiger charge is 2.33. The smallest absolute Gasteiger partial charge is 0.281 e. The first-order chi connectivity index (χ1) is 13.8. The van der Waals surface area contributed by atoms with Crippen molar-refractivity contribution in [2.75, 3.05) is 40.8 Å². The molecule has 1 heterocycles. The van der Waals surface area contributed by atoms with Crippen molar-refractivity contribution in [2.24, 2.45) is 5.92 Å². The van der Waals surface area contributed by atoms with Crippen LogP contribution < -0.4 is 10.1 Å². The van der Waals surface area contributed by atoms with Crippen molar-refractivity contribution in [3.8, 4) is 16.9 Å². The van der Waals surface area contributed by atoms with Crippen LogP contribution in [0.5, 0.6) is 5.75 Å². The summed E-state index contributed by atoms with van der Waals surface area (Å²) in [6.45, 7) is 0.708. The van der Waals surface area contributed by atoms with E-state index in [1.807, 2.05) is 48.5 Å². The maximum atomic E-state index is 12.7. The molecular weight excluding hydrogens is 390 g/mol. The molecule has 7 nitrogen and oxygen atoms in total. The number of para-hydroxylation sites is 1. The van der Waals surface area contributed by atoms with Crippen LogP contribution >= 0.6 is 0 Å². The summed E-state index contributed by atoms with van der Waals surface area (Å²) in [5, 5.41) is 2.85. The Hall–Kier alpha value is -2.42. The summed E-state index contributed by atoms with van der Waals surface area (Å²) in [5.74, 6) is 0.140. The molecule has 0 saturated carbocycles. The van der Waals surface area contributed by atoms with E-state index < -0.39 is 16.1 Å². The largest absolute Gasteiger partial charge is 0.496 e. The maximum absolute atomic E-state index is 12.7. The van der Waals surface area contributed by atoms with Crippen LogP contribution in [0.4, 0.5) is 0 Å². The van der Waals surface area contributed by atoms with Crippen molar-refractivity contribution in [3.05, 3.63) is 54.1 Å². The minimum Gasteiger partial charge on any atom is -0.496 e. The van der Waals surface area contributed by atoms with Gasteiger partial charge in [0.25, 0.3) is 10.2 Å². The molecular formula is C21H27N3O4S. The predicted molar refractivity (Wildman–Crippen MR) is 113 cm³/mol. The number of carbonyl (C=O) groups is 1. The molecule has 1 aliphatic rings. The van der Waals surface area contributed by atoms with Gasteiger partial charge in [-0.3, -0.25) is 4.79 Å². The van der Waals surface area contributed by atoms with Crippen molar-refractivity contribution in [1.82, 2.24) is 13.9 Å². The molecule has 29 heavy (non-hydrogen) atoms. The standard InChI is InChI=1S/C21H27N3O4S/c1-23(2)29(26,27)24-13-12-22-21(25)17(15-24)14-16-8-4-5-9-18(16)19-10-6-7-11-20(19)28-3/h4-11,17H,12-15H2,1-3H3,(H,22,25)/t17-/m0/s1. The number of rotatable bonds is 6. The van der Waals surface area contributed by atoms with Gasteiger partial charge >= 0.3 is 0 Å². The van der Waals surface area contributed by atoms with Gasteiger partial charge in [-0.25, -0.2) is 0 Å². The third kappa shape index (κ3) is 4.60. The van der Waals surface area contributed by atoms with Crippen LogP contribution in [0, 0.1) is 5.92 Å². The summed E-state index contributed by atoms with van der Waals surface area (Å²) in [6.07, 6.45) is 0.430. The van der Waals surface area contributed by atoms with E-state index in [4.69, 9.17) is 4.74 Å². The molecule has 1 saturated heterocycles. The van der Waals surface area contributed by atoms with Gasteiger partial charge in [-0.05, 0) is 23.6 Å². The van der Waals surface area contributed by atoms with Gasteiger partial charge in [0.1, 0.15) is 5.75 Å². The predicted octanol–water partition coefficient (Wildman–Crippen LogP) is 1.76. The number of amides is 1. The molecule has 1 aliphatic heterocycles. The highest BCUT2D eigenvalue weighted by molar-refractivity contribution is 7.86. The molecule has 2 aromatic carbocycles. The molecule has 0 aliphatic carbocycles. The number of ether oxygens (including phenoxy) is 1. The molecule has 3 rings (SSSR count). The summed E-state index contributed by atoms with van der Waals surface area (Å²) < 4.78 is 33.3. The van der Waals surface area contributed by atoms with Crippen LogP contribution in [-0.2, 0) is 21.4 Å². The third-order valence-corrected chi connectivity index (χ3v) is 7.03. The van der Waals surface area contributed by atoms with Gasteiger partial charge in [0.05, 0.1) is 13.0 Å². The first-order valence-electron chi connectivity index (χ1n) is 9.51. The van der Waals surface area contributed by atoms with Crippen molar-refractivity contribution in [3.63, 3.8) is 0 Å². The Bertz CT molecular complexity index is 975. The Morgan fingerprint density at radius 2 is 1.76 bits per heavy atom. The van der Waals surface area contributed by atoms with E-state index in [2.05, 4.69) is 5.32 Å². The Kier molecular flexibility index (Phi) is 6.56. The van der Waals surface area contributed by atoms with Crippen molar-refractivity contribution < 1.29 is 17.9 Å². The van der Waals surface area contributed by atoms with Crippen molar-refractivity contribution in [1.29, 1.82) is 0 Å². The molecule has 1 N–H and O–H groups in total. The number of benzene rings is 2. The fourth-order valence-electron chi connectivity index (χ4n) is 3.56. The first kappa shape index (κ1) is 21.3. The van der Waals surface area contributed by atoms with E-state index in [1.165, 1.54) is 22.7 Å². The summed E-state index contributed by atoms with van der Waals surface area (Å²) in [6, 6.07) is 15.6. The number of nitrogens with one attached hydrogen (secondary N) is 1. The second-order valence-electron chi connectivity index (χ2n) is 7.20. The zero-order valence-corrected chi connectivity index (χ0v) is 17.8. The van der Waals surface area contributed by atoms with Gasteiger partial charge in [-0.2, -0.15) is 17.0 Å². The summed E-state index contributed by atoms with van der Waals surface area (Å²) >= 11 is 0. The molecule has 156 valence electrons. The average Bonchev–Trinajstić information content (AvgIpc) is 2.90. The summed E-state index contributed by atoms with van der Waals surface area (Å²) in [4.78, 5) is 12.7. The van der Waals surface area contributed by atoms with Gasteiger partial charge < -0.3 is 10.1 Å². The lowest BCUT2D eigenvalue weighted by Gasteiger charge is -2.26. The molecule has 1 amide bonds. The molecule has 8 heteroatoms. The Balaban J connectivity index is 1.93. The van der Waals surface area contributed by atoms with Crippen molar-refractivity contribution in [2.45, 2.75) is 6.42 Å². The monoisotopic (exact) mass is 417 g/mol. The minimum atomic E-state index is -3.59. The normalized spacial score (nSPS) is 18.3. The molecule has 1 atom stereocenters. The quantitative estimate of drug-likeness (QED) is 0.777. The highest BCUT2D eigenvalue weighted by Crippen LogP contribution is 2.33. The van der Waals surface area contributed by atoms with E-state index in [0.29, 0.717) is 13.0 Å². The van der Waals surface area contributed by atoms with Gasteiger partial charge in [0.15, 0.2) is 0 Å². The fourth-order valence-corrected chi connectivity index (χ4v) is 4.71. The average molecular weight is 418 g/mol. The fraction of sp³-hybridized carbons (Fsp3) is 0.381. The molecule has 0 radical (unpaired) electrons. The van der Waals surface area contributed by atoms with Crippen LogP contribution in [0.25, 0.3) is 11.1 Å². The Morgan fingerprint density at radius 3 is 2.45 bits per heavy atom. The second-order valence-corrected chi connectivity index (χ2v) is 9.34. The minimum absolute atomic E-state index is 0.128. The van der Waals surface area contributed by atoms with E-state index in [-0.39, 0.29) is 19.0 Å². The third-order valence-electron chi connectivity index (χ3n) is 5.12. The number of hydrogen-bond acceptors (Lipinski definition) is 4. The van der Waals surface area contributed by atoms with Crippen LogP contribution in [0.3, 0.4) is 0 Å². The van der Waals surface area contributed by atoms with Gasteiger partial charge in [-0.1, -0.05) is 42.5 Å². The van der Waals surface area contributed by atoms with Gasteiger partial charge in [-0.15, -0.1) is 0 Å². The van der Waals surface area contributed by atoms with E-state index in [0.717, 1.165) is 22.4 Å². The molecule has 0 aromatic heterocycles. The summed E-state index contributed by atoms with van der Waals surface area (Å²) in [7, 11) is 1.04. The number of hydrogen-bond donors (Lipinski definition) is 1. The van der Waals surface area contributed by atoms with Crippen LogP contribution in [0.15, 0.2) is 48.5 Å². The van der Waals surface area contributed by atoms with Crippen LogP contribution in [0.1, 0.15) is 5.56 Å². The zero-order valence-electron chi connectivity index (χ0n) is 17.0. The molecule has 0 bridgehead atoms. The number of nitrogens with zero attached hydrogens (tertiary/aromatic N) is 2. The lowest BCUT2D eigenvalue weighted by atomic mass is 9.91. The van der Waals surface area contributed by atoms with Crippen LogP contribution in [-0.4, -0.2) is 63.8 Å². The van der Waals surface area contributed by atoms with Gasteiger partial charge in [0.2, 0.25) is 5.91 Å². The maximum Gasteiger partial charge on any atom is 0.281 e. The van der Waals surface area contributed by atoms with E-state index >= 15 is 0 Å². The lowest BCUT2D eigenvalue weighted by molar-refractivity contribution is -0.124. The van der Waals surface area contributed by atoms with Crippen LogP contribution in [0.2, 0.25) is 0 Å². The van der Waals surface area contributed by atoms with Gasteiger partial charge in [0, 0.05) is 39.3 Å². The van der Waals surface area contributed by atoms with E-state index in [9.17, 15) is 13.2 Å². The molecule has 0 spiro atoms. The molecule has 2 aromatic rings. The number of methoxy groups -OCH3 is 1. The highest BCUT2D eigenvalue weighted by atomic mass is 32.2. The zero-order chi connectivity index (χ0) is 21.0. The van der Waals surface area contributed by atoms with Crippen molar-refractivity contribution >= 4 is 16.1 Å². The topological polar surface area (TPSA) is 79.0 Å². The Labute approximate surface area is 172 Å². The Morgan fingerprint density at radius 1 is 1.10 bits per heavy atom. The van der Waals surface area contributed by atoms with E-state index in [1.54, 1.807) is 7.11 Å². The summed E-state index contributed by atoms with van der Waals surface area (Å²) in [5.41, 5.74) is 2.89. The number of carbonyl (C=O) groups excluding carboxylic acids is 1. The first-order valence-corrected chi connectivity index (χ1v) is 10.9. The molecule has 1 fully saturated rings. The molecule has 0 unspecified atom stereocenters. The SMILES string of the molecule is COc1ccccc1-c1ccccc1C[C@H]1CN(S(=O)(=O)N(C)C)CCNC1=O. The lowest BCUT2D eigenvalue weighted by Crippen LogP contribution is -2.43. The second kappa shape index (κ2) is 8.94.